The molecule has 0 amide bonds. The number of halogens is 1. The number of nitrogens with zero attached hydrogens (tertiary/aromatic N) is 1. The van der Waals surface area contributed by atoms with E-state index in [1.807, 2.05) is 5.38 Å². The largest absolute Gasteiger partial charge is 0.309 e. The van der Waals surface area contributed by atoms with Gasteiger partial charge in [-0.3, -0.25) is 0 Å². The fraction of sp³-hybridized carbons (Fsp3) is 0.474. The summed E-state index contributed by atoms with van der Waals surface area (Å²) < 4.78 is 1.29. The zero-order valence-corrected chi connectivity index (χ0v) is 14.8. The predicted molar refractivity (Wildman–Crippen MR) is 97.8 cm³/mol. The van der Waals surface area contributed by atoms with Gasteiger partial charge < -0.3 is 4.90 Å². The maximum absolute atomic E-state index is 6.34. The summed E-state index contributed by atoms with van der Waals surface area (Å²) in [6.07, 6.45) is 7.98. The summed E-state index contributed by atoms with van der Waals surface area (Å²) in [5.74, 6) is 0.749. The van der Waals surface area contributed by atoms with Gasteiger partial charge in [0.05, 0.1) is 5.02 Å². The van der Waals surface area contributed by atoms with E-state index in [0.717, 1.165) is 10.9 Å². The number of rotatable bonds is 3. The lowest BCUT2D eigenvalue weighted by molar-refractivity contribution is 0.157. The van der Waals surface area contributed by atoms with Crippen LogP contribution in [0.4, 0.5) is 0 Å². The molecule has 3 aliphatic carbocycles. The number of allylic oxidation sites excluding steroid dienone is 1. The lowest BCUT2D eigenvalue weighted by atomic mass is 9.61. The van der Waals surface area contributed by atoms with Crippen LogP contribution in [0.3, 0.4) is 0 Å². The van der Waals surface area contributed by atoms with Crippen LogP contribution < -0.4 is 0 Å². The van der Waals surface area contributed by atoms with Gasteiger partial charge in [0.2, 0.25) is 0 Å². The maximum Gasteiger partial charge on any atom is 0.0591 e. The highest BCUT2D eigenvalue weighted by Gasteiger charge is 2.40. The van der Waals surface area contributed by atoms with Crippen molar-refractivity contribution in [3.8, 4) is 0 Å². The third-order valence-electron chi connectivity index (χ3n) is 5.37. The van der Waals surface area contributed by atoms with Crippen molar-refractivity contribution in [3.05, 3.63) is 40.2 Å². The highest BCUT2D eigenvalue weighted by molar-refractivity contribution is 7.17. The summed E-state index contributed by atoms with van der Waals surface area (Å²) in [5.41, 5.74) is 3.35. The third-order valence-corrected chi connectivity index (χ3v) is 6.78. The van der Waals surface area contributed by atoms with E-state index in [0.29, 0.717) is 5.41 Å². The second-order valence-electron chi connectivity index (χ2n) is 7.27. The molecule has 1 heterocycles. The van der Waals surface area contributed by atoms with E-state index in [4.69, 9.17) is 11.6 Å². The first-order chi connectivity index (χ1) is 10.6. The molecule has 1 aromatic heterocycles. The molecule has 116 valence electrons. The Bertz CT molecular complexity index is 735. The van der Waals surface area contributed by atoms with Crippen molar-refractivity contribution in [2.24, 2.45) is 11.3 Å². The molecular weight excluding hydrogens is 310 g/mol. The normalized spacial score (nSPS) is 27.6. The molecule has 0 aliphatic heterocycles. The Hall–Kier alpha value is -0.830. The summed E-state index contributed by atoms with van der Waals surface area (Å²) in [7, 11) is 4.39. The van der Waals surface area contributed by atoms with Gasteiger partial charge in [0.1, 0.15) is 0 Å². The molecule has 0 saturated heterocycles. The van der Waals surface area contributed by atoms with Crippen molar-refractivity contribution in [2.45, 2.75) is 25.7 Å². The topological polar surface area (TPSA) is 3.24 Å². The molecule has 1 fully saturated rings. The fourth-order valence-corrected chi connectivity index (χ4v) is 5.57. The molecule has 5 rings (SSSR count). The van der Waals surface area contributed by atoms with Gasteiger partial charge in [-0.05, 0) is 69.0 Å². The molecule has 2 bridgehead atoms. The van der Waals surface area contributed by atoms with Crippen LogP contribution >= 0.6 is 22.9 Å². The van der Waals surface area contributed by atoms with Gasteiger partial charge in [-0.25, -0.2) is 0 Å². The van der Waals surface area contributed by atoms with E-state index in [1.165, 1.54) is 47.9 Å². The van der Waals surface area contributed by atoms with E-state index in [2.05, 4.69) is 43.3 Å². The van der Waals surface area contributed by atoms with Crippen LogP contribution in [0.2, 0.25) is 5.02 Å². The average molecular weight is 332 g/mol. The molecule has 0 spiro atoms. The van der Waals surface area contributed by atoms with E-state index >= 15 is 0 Å². The Balaban J connectivity index is 1.78. The van der Waals surface area contributed by atoms with Gasteiger partial charge in [-0.1, -0.05) is 23.7 Å². The van der Waals surface area contributed by atoms with Gasteiger partial charge in [0, 0.05) is 27.4 Å². The van der Waals surface area contributed by atoms with E-state index in [1.54, 1.807) is 16.9 Å². The zero-order valence-electron chi connectivity index (χ0n) is 13.2. The van der Waals surface area contributed by atoms with Crippen molar-refractivity contribution in [1.82, 2.24) is 4.90 Å². The third kappa shape index (κ3) is 2.42. The van der Waals surface area contributed by atoms with E-state index < -0.39 is 0 Å². The number of fused-ring (bicyclic) bond motifs is 3. The lowest BCUT2D eigenvalue weighted by Crippen LogP contribution is -2.39. The van der Waals surface area contributed by atoms with Crippen molar-refractivity contribution >= 4 is 38.6 Å². The standard InChI is InChI=1S/C19H22ClNS/c1-21(2)12-19-7-5-13(6-8-19)16(10-19)14-3-4-18-15(9-14)17(20)11-22-18/h3-4,9-11,13H,5-8,12H2,1-2H3. The van der Waals surface area contributed by atoms with Gasteiger partial charge in [-0.15, -0.1) is 11.3 Å². The molecule has 0 unspecified atom stereocenters. The number of hydrogen-bond donors (Lipinski definition) is 0. The molecule has 3 heteroatoms. The first-order valence-electron chi connectivity index (χ1n) is 8.11. The SMILES string of the molecule is CN(C)CC12C=C(c3ccc4scc(Cl)c4c3)C(CC1)CC2. The van der Waals surface area contributed by atoms with Crippen molar-refractivity contribution in [3.63, 3.8) is 0 Å². The highest BCUT2D eigenvalue weighted by Crippen LogP contribution is 2.52. The Morgan fingerprint density at radius 3 is 2.77 bits per heavy atom. The minimum Gasteiger partial charge on any atom is -0.309 e. The predicted octanol–water partition coefficient (Wildman–Crippen LogP) is 5.69. The summed E-state index contributed by atoms with van der Waals surface area (Å²) >= 11 is 8.08. The summed E-state index contributed by atoms with van der Waals surface area (Å²) in [5, 5.41) is 4.16. The Labute approximate surface area is 141 Å². The smallest absolute Gasteiger partial charge is 0.0591 e. The Morgan fingerprint density at radius 2 is 2.05 bits per heavy atom. The highest BCUT2D eigenvalue weighted by atomic mass is 35.5. The van der Waals surface area contributed by atoms with Gasteiger partial charge in [0.25, 0.3) is 0 Å². The molecule has 3 aliphatic rings. The molecule has 0 atom stereocenters. The van der Waals surface area contributed by atoms with E-state index in [-0.39, 0.29) is 0 Å². The van der Waals surface area contributed by atoms with Gasteiger partial charge >= 0.3 is 0 Å². The number of hydrogen-bond acceptors (Lipinski definition) is 2. The first-order valence-corrected chi connectivity index (χ1v) is 9.37. The molecule has 1 nitrogen and oxygen atoms in total. The Morgan fingerprint density at radius 1 is 1.27 bits per heavy atom. The van der Waals surface area contributed by atoms with Crippen LogP contribution in [0, 0.1) is 11.3 Å². The van der Waals surface area contributed by atoms with E-state index in [9.17, 15) is 0 Å². The summed E-state index contributed by atoms with van der Waals surface area (Å²) in [6.45, 7) is 1.17. The van der Waals surface area contributed by atoms with Gasteiger partial charge in [-0.2, -0.15) is 0 Å². The molecule has 1 aromatic carbocycles. The van der Waals surface area contributed by atoms with Crippen LogP contribution in [0.1, 0.15) is 31.2 Å². The van der Waals surface area contributed by atoms with Crippen molar-refractivity contribution in [2.75, 3.05) is 20.6 Å². The summed E-state index contributed by atoms with van der Waals surface area (Å²) in [6, 6.07) is 6.85. The second-order valence-corrected chi connectivity index (χ2v) is 8.59. The van der Waals surface area contributed by atoms with Crippen molar-refractivity contribution < 1.29 is 0 Å². The van der Waals surface area contributed by atoms with Crippen LogP contribution in [-0.4, -0.2) is 25.5 Å². The van der Waals surface area contributed by atoms with Crippen LogP contribution in [0.25, 0.3) is 15.7 Å². The lowest BCUT2D eigenvalue weighted by Gasteiger charge is -2.46. The first kappa shape index (κ1) is 14.7. The van der Waals surface area contributed by atoms with Crippen LogP contribution in [0.5, 0.6) is 0 Å². The average Bonchev–Trinajstić information content (AvgIpc) is 2.88. The summed E-state index contributed by atoms with van der Waals surface area (Å²) in [4.78, 5) is 2.35. The van der Waals surface area contributed by atoms with Gasteiger partial charge in [0.15, 0.2) is 0 Å². The van der Waals surface area contributed by atoms with Crippen LogP contribution in [0.15, 0.2) is 29.7 Å². The number of benzene rings is 1. The monoisotopic (exact) mass is 331 g/mol. The quantitative estimate of drug-likeness (QED) is 0.698. The molecule has 0 radical (unpaired) electrons. The molecule has 0 N–H and O–H groups in total. The molecule has 2 aromatic rings. The molecular formula is C19H22ClNS. The molecule has 22 heavy (non-hydrogen) atoms. The maximum atomic E-state index is 6.34. The zero-order chi connectivity index (χ0) is 15.3. The minimum atomic E-state index is 0.390. The van der Waals surface area contributed by atoms with Crippen LogP contribution in [-0.2, 0) is 0 Å². The second kappa shape index (κ2) is 5.36. The minimum absolute atomic E-state index is 0.390. The van der Waals surface area contributed by atoms with Crippen molar-refractivity contribution in [1.29, 1.82) is 0 Å². The number of thiophene rings is 1. The Kier molecular flexibility index (Phi) is 3.60. The fourth-order valence-electron chi connectivity index (χ4n) is 4.43. The molecule has 1 saturated carbocycles.